The number of carboxylic acid groups (broad SMARTS) is 1. The van der Waals surface area contributed by atoms with Gasteiger partial charge in [-0.25, -0.2) is 4.79 Å². The topological polar surface area (TPSA) is 68.7 Å². The molecule has 0 saturated carbocycles. The molecule has 2 aromatic rings. The zero-order valence-electron chi connectivity index (χ0n) is 13.2. The van der Waals surface area contributed by atoms with Crippen molar-refractivity contribution in [3.05, 3.63) is 53.3 Å². The van der Waals surface area contributed by atoms with Crippen LogP contribution in [0.3, 0.4) is 0 Å². The zero-order valence-corrected chi connectivity index (χ0v) is 14.0. The highest BCUT2D eigenvalue weighted by Gasteiger charge is 2.30. The first-order chi connectivity index (χ1) is 11.6. The molecule has 0 fully saturated rings. The Kier molecular flexibility index (Phi) is 7.50. The van der Waals surface area contributed by atoms with Gasteiger partial charge in [-0.2, -0.15) is 13.2 Å². The Morgan fingerprint density at radius 3 is 2.16 bits per heavy atom. The molecular formula is C16H15ClF3NO4. The maximum absolute atomic E-state index is 11.9. The molecule has 1 atom stereocenters. The van der Waals surface area contributed by atoms with Gasteiger partial charge in [0.1, 0.15) is 11.5 Å². The second-order valence-electron chi connectivity index (χ2n) is 4.66. The van der Waals surface area contributed by atoms with Crippen molar-refractivity contribution in [3.8, 4) is 11.5 Å². The number of halogens is 4. The number of ether oxygens (including phenoxy) is 2. The number of benzene rings is 1. The molecule has 2 rings (SSSR count). The van der Waals surface area contributed by atoms with Crippen LogP contribution >= 0.6 is 11.6 Å². The molecule has 1 unspecified atom stereocenters. The molecule has 0 aliphatic rings. The highest BCUT2D eigenvalue weighted by atomic mass is 35.5. The normalized spacial score (nSPS) is 11.8. The van der Waals surface area contributed by atoms with E-state index < -0.39 is 23.8 Å². The molecule has 9 heteroatoms. The predicted molar refractivity (Wildman–Crippen MR) is 85.0 cm³/mol. The molecule has 1 N–H and O–H groups in total. The Labute approximate surface area is 147 Å². The Bertz CT molecular complexity index is 693. The van der Waals surface area contributed by atoms with Crippen LogP contribution in [0.25, 0.3) is 0 Å². The lowest BCUT2D eigenvalue weighted by Crippen LogP contribution is -2.22. The van der Waals surface area contributed by atoms with Crippen molar-refractivity contribution in [1.29, 1.82) is 0 Å². The molecule has 0 radical (unpaired) electrons. The summed E-state index contributed by atoms with van der Waals surface area (Å²) in [5.41, 5.74) is -0.829. The maximum Gasteiger partial charge on any atom is 0.417 e. The number of alkyl halides is 3. The molecule has 25 heavy (non-hydrogen) atoms. The van der Waals surface area contributed by atoms with Gasteiger partial charge in [0.15, 0.2) is 6.10 Å². The summed E-state index contributed by atoms with van der Waals surface area (Å²) in [5.74, 6) is 0.238. The van der Waals surface area contributed by atoms with E-state index in [0.29, 0.717) is 11.5 Å². The largest absolute Gasteiger partial charge is 0.497 e. The van der Waals surface area contributed by atoms with Gasteiger partial charge in [-0.15, -0.1) is 0 Å². The number of hydrogen-bond donors (Lipinski definition) is 1. The lowest BCUT2D eigenvalue weighted by molar-refractivity contribution is -0.144. The summed E-state index contributed by atoms with van der Waals surface area (Å²) < 4.78 is 45.7. The van der Waals surface area contributed by atoms with Crippen molar-refractivity contribution >= 4 is 17.6 Å². The number of carbonyl (C=O) groups is 1. The minimum atomic E-state index is -4.36. The highest BCUT2D eigenvalue weighted by molar-refractivity contribution is 6.30. The Hall–Kier alpha value is -2.48. The average molecular weight is 378 g/mol. The summed E-state index contributed by atoms with van der Waals surface area (Å²) in [6, 6.07) is 7.58. The minimum absolute atomic E-state index is 0.0141. The third-order valence-corrected chi connectivity index (χ3v) is 2.96. The van der Waals surface area contributed by atoms with Gasteiger partial charge < -0.3 is 14.6 Å². The van der Waals surface area contributed by atoms with E-state index in [-0.39, 0.29) is 5.02 Å². The van der Waals surface area contributed by atoms with E-state index in [1.54, 1.807) is 31.4 Å². The smallest absolute Gasteiger partial charge is 0.417 e. The molecular weight excluding hydrogens is 363 g/mol. The first-order valence-corrected chi connectivity index (χ1v) is 7.22. The quantitative estimate of drug-likeness (QED) is 0.860. The lowest BCUT2D eigenvalue weighted by Gasteiger charge is -2.10. The first kappa shape index (κ1) is 20.6. The average Bonchev–Trinajstić information content (AvgIpc) is 2.55. The second kappa shape index (κ2) is 9.12. The zero-order chi connectivity index (χ0) is 19.0. The summed E-state index contributed by atoms with van der Waals surface area (Å²) >= 11 is 5.29. The van der Waals surface area contributed by atoms with E-state index in [0.717, 1.165) is 18.5 Å². The van der Waals surface area contributed by atoms with E-state index in [9.17, 15) is 18.0 Å². The van der Waals surface area contributed by atoms with Crippen LogP contribution in [0.2, 0.25) is 5.02 Å². The molecule has 0 bridgehead atoms. The van der Waals surface area contributed by atoms with Gasteiger partial charge in [0.2, 0.25) is 0 Å². The number of pyridine rings is 1. The standard InChI is InChI=1S/C10H12O4.C6H3ClF3N/c1-7(10(11)12)14-9-5-3-8(13-2)4-6-9;7-5-1-4(2-11-3-5)6(8,9)10/h3-7H,1-2H3,(H,11,12);1-3H. The molecule has 1 aromatic heterocycles. The van der Waals surface area contributed by atoms with Crippen molar-refractivity contribution in [1.82, 2.24) is 4.98 Å². The number of hydrogen-bond acceptors (Lipinski definition) is 4. The van der Waals surface area contributed by atoms with Crippen LogP contribution in [-0.2, 0) is 11.0 Å². The van der Waals surface area contributed by atoms with Crippen molar-refractivity contribution in [2.24, 2.45) is 0 Å². The highest BCUT2D eigenvalue weighted by Crippen LogP contribution is 2.29. The van der Waals surface area contributed by atoms with Crippen LogP contribution in [0.15, 0.2) is 42.7 Å². The van der Waals surface area contributed by atoms with Gasteiger partial charge in [-0.05, 0) is 37.3 Å². The van der Waals surface area contributed by atoms with Gasteiger partial charge >= 0.3 is 12.1 Å². The van der Waals surface area contributed by atoms with Crippen molar-refractivity contribution in [3.63, 3.8) is 0 Å². The van der Waals surface area contributed by atoms with Gasteiger partial charge in [0.25, 0.3) is 0 Å². The van der Waals surface area contributed by atoms with Crippen molar-refractivity contribution in [2.45, 2.75) is 19.2 Å². The summed E-state index contributed by atoms with van der Waals surface area (Å²) in [7, 11) is 1.57. The van der Waals surface area contributed by atoms with Gasteiger partial charge in [-0.3, -0.25) is 4.98 Å². The van der Waals surface area contributed by atoms with E-state index >= 15 is 0 Å². The van der Waals surface area contributed by atoms with Gasteiger partial charge in [0.05, 0.1) is 17.7 Å². The molecule has 136 valence electrons. The molecule has 5 nitrogen and oxygen atoms in total. The number of carboxylic acids is 1. The molecule has 0 aliphatic carbocycles. The van der Waals surface area contributed by atoms with Gasteiger partial charge in [-0.1, -0.05) is 11.6 Å². The summed E-state index contributed by atoms with van der Waals surface area (Å²) in [4.78, 5) is 13.8. The summed E-state index contributed by atoms with van der Waals surface area (Å²) in [6.07, 6.45) is -3.33. The molecule has 0 amide bonds. The maximum atomic E-state index is 11.9. The van der Waals surface area contributed by atoms with Crippen LogP contribution in [0.4, 0.5) is 13.2 Å². The monoisotopic (exact) mass is 377 g/mol. The van der Waals surface area contributed by atoms with Crippen molar-refractivity contribution in [2.75, 3.05) is 7.11 Å². The Balaban J connectivity index is 0.000000257. The fourth-order valence-electron chi connectivity index (χ4n) is 1.48. The van der Waals surface area contributed by atoms with E-state index in [4.69, 9.17) is 26.2 Å². The second-order valence-corrected chi connectivity index (χ2v) is 5.10. The minimum Gasteiger partial charge on any atom is -0.497 e. The molecule has 0 saturated heterocycles. The summed E-state index contributed by atoms with van der Waals surface area (Å²) in [5, 5.41) is 8.58. The van der Waals surface area contributed by atoms with Crippen LogP contribution in [0.5, 0.6) is 11.5 Å². The third-order valence-electron chi connectivity index (χ3n) is 2.75. The van der Waals surface area contributed by atoms with Crippen LogP contribution in [0.1, 0.15) is 12.5 Å². The number of nitrogens with zero attached hydrogens (tertiary/aromatic N) is 1. The number of methoxy groups -OCH3 is 1. The van der Waals surface area contributed by atoms with Crippen LogP contribution in [0, 0.1) is 0 Å². The van der Waals surface area contributed by atoms with Crippen LogP contribution in [-0.4, -0.2) is 29.3 Å². The van der Waals surface area contributed by atoms with Crippen LogP contribution < -0.4 is 9.47 Å². The fraction of sp³-hybridized carbons (Fsp3) is 0.250. The number of aromatic nitrogens is 1. The fourth-order valence-corrected chi connectivity index (χ4v) is 1.65. The number of rotatable bonds is 4. The summed E-state index contributed by atoms with van der Waals surface area (Å²) in [6.45, 7) is 1.48. The molecule has 0 spiro atoms. The number of aliphatic carboxylic acids is 1. The Morgan fingerprint density at radius 1 is 1.20 bits per heavy atom. The van der Waals surface area contributed by atoms with E-state index in [1.807, 2.05) is 0 Å². The van der Waals surface area contributed by atoms with E-state index in [1.165, 1.54) is 6.92 Å². The lowest BCUT2D eigenvalue weighted by atomic mass is 10.3. The van der Waals surface area contributed by atoms with Crippen molar-refractivity contribution < 1.29 is 32.5 Å². The molecule has 1 heterocycles. The van der Waals surface area contributed by atoms with Gasteiger partial charge in [0, 0.05) is 12.4 Å². The SMILES string of the molecule is COc1ccc(OC(C)C(=O)O)cc1.FC(F)(F)c1cncc(Cl)c1. The Morgan fingerprint density at radius 2 is 1.76 bits per heavy atom. The first-order valence-electron chi connectivity index (χ1n) is 6.84. The van der Waals surface area contributed by atoms with E-state index in [2.05, 4.69) is 4.98 Å². The predicted octanol–water partition coefficient (Wildman–Crippen LogP) is 4.30. The third kappa shape index (κ3) is 7.30. The molecule has 0 aliphatic heterocycles. The molecule has 1 aromatic carbocycles.